The van der Waals surface area contributed by atoms with Gasteiger partial charge in [-0.1, -0.05) is 18.5 Å². The Labute approximate surface area is 146 Å². The van der Waals surface area contributed by atoms with Crippen molar-refractivity contribution >= 4 is 38.3 Å². The predicted molar refractivity (Wildman–Crippen MR) is 94.3 cm³/mol. The molecule has 1 fully saturated rings. The Bertz CT molecular complexity index is 887. The molecule has 1 aromatic heterocycles. The third kappa shape index (κ3) is 3.17. The number of sulfone groups is 1. The minimum Gasteiger partial charge on any atom is -0.451 e. The molecule has 0 aliphatic carbocycles. The summed E-state index contributed by atoms with van der Waals surface area (Å²) in [6.07, 6.45) is 1.24. The molecule has 24 heavy (non-hydrogen) atoms. The van der Waals surface area contributed by atoms with E-state index in [0.717, 1.165) is 17.4 Å². The van der Waals surface area contributed by atoms with Crippen molar-refractivity contribution in [2.24, 2.45) is 0 Å². The first kappa shape index (κ1) is 17.3. The molecule has 0 spiro atoms. The topological polar surface area (TPSA) is 67.6 Å². The first-order valence-corrected chi connectivity index (χ1v) is 10.2. The minimum absolute atomic E-state index is 0.0316. The molecular weight excluding hydrogens is 350 g/mol. The summed E-state index contributed by atoms with van der Waals surface area (Å²) >= 11 is 6.02. The molecule has 7 heteroatoms. The van der Waals surface area contributed by atoms with Gasteiger partial charge >= 0.3 is 0 Å². The van der Waals surface area contributed by atoms with Crippen molar-refractivity contribution in [2.45, 2.75) is 32.7 Å². The highest BCUT2D eigenvalue weighted by Gasteiger charge is 2.36. The van der Waals surface area contributed by atoms with Crippen LogP contribution in [0.1, 0.15) is 35.9 Å². The monoisotopic (exact) mass is 369 g/mol. The van der Waals surface area contributed by atoms with Gasteiger partial charge in [-0.2, -0.15) is 0 Å². The summed E-state index contributed by atoms with van der Waals surface area (Å²) in [5.74, 6) is 0.192. The van der Waals surface area contributed by atoms with Gasteiger partial charge < -0.3 is 9.32 Å². The second-order valence-electron chi connectivity index (χ2n) is 6.25. The normalized spacial score (nSPS) is 19.7. The molecule has 0 unspecified atom stereocenters. The number of carbonyl (C=O) groups is 1. The SMILES string of the molecule is CCCN(C(=O)c1oc2ccc(Cl)cc2c1C)[C@@H]1CCS(=O)(=O)C1. The standard InChI is InChI=1S/C17H20ClNO4S/c1-3-7-19(13-6-8-24(21,22)10-13)17(20)16-11(2)14-9-12(18)4-5-15(14)23-16/h4-5,9,13H,3,6-8,10H2,1-2H3/t13-/m1/s1. The van der Waals surface area contributed by atoms with Crippen LogP contribution in [0.4, 0.5) is 0 Å². The van der Waals surface area contributed by atoms with Crippen LogP contribution in [0.2, 0.25) is 5.02 Å². The van der Waals surface area contributed by atoms with Crippen molar-refractivity contribution < 1.29 is 17.6 Å². The van der Waals surface area contributed by atoms with E-state index in [1.807, 2.05) is 13.8 Å². The molecule has 1 saturated heterocycles. The molecule has 3 rings (SSSR count). The number of carbonyl (C=O) groups excluding carboxylic acids is 1. The zero-order valence-electron chi connectivity index (χ0n) is 13.7. The third-order valence-electron chi connectivity index (χ3n) is 4.47. The quantitative estimate of drug-likeness (QED) is 0.827. The second-order valence-corrected chi connectivity index (χ2v) is 8.92. The van der Waals surface area contributed by atoms with Crippen molar-refractivity contribution in [2.75, 3.05) is 18.1 Å². The molecule has 0 radical (unpaired) electrons. The summed E-state index contributed by atoms with van der Waals surface area (Å²) in [6.45, 7) is 4.30. The summed E-state index contributed by atoms with van der Waals surface area (Å²) in [7, 11) is -3.06. The van der Waals surface area contributed by atoms with Gasteiger partial charge in [-0.05, 0) is 38.0 Å². The molecule has 2 heterocycles. The number of amides is 1. The fourth-order valence-corrected chi connectivity index (χ4v) is 5.14. The van der Waals surface area contributed by atoms with E-state index < -0.39 is 9.84 Å². The maximum Gasteiger partial charge on any atom is 0.290 e. The summed E-state index contributed by atoms with van der Waals surface area (Å²) in [5.41, 5.74) is 1.34. The van der Waals surface area contributed by atoms with Crippen LogP contribution in [0.25, 0.3) is 11.0 Å². The lowest BCUT2D eigenvalue weighted by molar-refractivity contribution is 0.0666. The van der Waals surface area contributed by atoms with Crippen molar-refractivity contribution in [3.8, 4) is 0 Å². The summed E-state index contributed by atoms with van der Waals surface area (Å²) < 4.78 is 29.3. The van der Waals surface area contributed by atoms with E-state index in [9.17, 15) is 13.2 Å². The highest BCUT2D eigenvalue weighted by atomic mass is 35.5. The fraction of sp³-hybridized carbons (Fsp3) is 0.471. The molecule has 130 valence electrons. The molecule has 1 aliphatic heterocycles. The largest absolute Gasteiger partial charge is 0.451 e. The van der Waals surface area contributed by atoms with E-state index in [1.165, 1.54) is 0 Å². The Kier molecular flexibility index (Phi) is 4.62. The highest BCUT2D eigenvalue weighted by molar-refractivity contribution is 7.91. The van der Waals surface area contributed by atoms with Crippen LogP contribution in [-0.4, -0.2) is 43.3 Å². The lowest BCUT2D eigenvalue weighted by atomic mass is 10.1. The number of aryl methyl sites for hydroxylation is 1. The molecule has 0 saturated carbocycles. The summed E-state index contributed by atoms with van der Waals surface area (Å²) in [4.78, 5) is 14.7. The number of rotatable bonds is 4. The average molecular weight is 370 g/mol. The van der Waals surface area contributed by atoms with Gasteiger partial charge in [0.15, 0.2) is 15.6 Å². The van der Waals surface area contributed by atoms with E-state index in [1.54, 1.807) is 23.1 Å². The Morgan fingerprint density at radius 1 is 1.42 bits per heavy atom. The molecule has 1 amide bonds. The van der Waals surface area contributed by atoms with Crippen LogP contribution in [0, 0.1) is 6.92 Å². The van der Waals surface area contributed by atoms with Crippen LogP contribution in [0.15, 0.2) is 22.6 Å². The maximum absolute atomic E-state index is 13.0. The van der Waals surface area contributed by atoms with Crippen molar-refractivity contribution in [1.82, 2.24) is 4.90 Å². The molecule has 1 atom stereocenters. The number of nitrogens with zero attached hydrogens (tertiary/aromatic N) is 1. The molecule has 1 aromatic carbocycles. The molecular formula is C17H20ClNO4S. The van der Waals surface area contributed by atoms with Gasteiger partial charge in [-0.15, -0.1) is 0 Å². The smallest absolute Gasteiger partial charge is 0.290 e. The third-order valence-corrected chi connectivity index (χ3v) is 6.45. The lowest BCUT2D eigenvalue weighted by Gasteiger charge is -2.27. The van der Waals surface area contributed by atoms with Gasteiger partial charge in [0.2, 0.25) is 0 Å². The number of fused-ring (bicyclic) bond motifs is 1. The van der Waals surface area contributed by atoms with Gasteiger partial charge in [0.05, 0.1) is 11.5 Å². The van der Waals surface area contributed by atoms with Gasteiger partial charge in [0.25, 0.3) is 5.91 Å². The Morgan fingerprint density at radius 2 is 2.17 bits per heavy atom. The van der Waals surface area contributed by atoms with E-state index >= 15 is 0 Å². The second kappa shape index (κ2) is 6.41. The van der Waals surface area contributed by atoms with Crippen LogP contribution in [0.5, 0.6) is 0 Å². The molecule has 1 aliphatic rings. The van der Waals surface area contributed by atoms with Crippen LogP contribution >= 0.6 is 11.6 Å². The lowest BCUT2D eigenvalue weighted by Crippen LogP contribution is -2.41. The van der Waals surface area contributed by atoms with E-state index in [0.29, 0.717) is 23.6 Å². The first-order chi connectivity index (χ1) is 11.3. The van der Waals surface area contributed by atoms with Crippen molar-refractivity contribution in [3.63, 3.8) is 0 Å². The fourth-order valence-electron chi connectivity index (χ4n) is 3.24. The minimum atomic E-state index is -3.06. The van der Waals surface area contributed by atoms with Gasteiger partial charge in [-0.3, -0.25) is 4.79 Å². The average Bonchev–Trinajstić information content (AvgIpc) is 3.04. The van der Waals surface area contributed by atoms with Crippen LogP contribution < -0.4 is 0 Å². The number of halogens is 1. The van der Waals surface area contributed by atoms with E-state index in [2.05, 4.69) is 0 Å². The summed E-state index contributed by atoms with van der Waals surface area (Å²) in [6, 6.07) is 4.95. The molecule has 0 N–H and O–H groups in total. The summed E-state index contributed by atoms with van der Waals surface area (Å²) in [5, 5.41) is 1.39. The van der Waals surface area contributed by atoms with Gasteiger partial charge in [-0.25, -0.2) is 8.42 Å². The van der Waals surface area contributed by atoms with Crippen molar-refractivity contribution in [3.05, 3.63) is 34.5 Å². The number of hydrogen-bond donors (Lipinski definition) is 0. The van der Waals surface area contributed by atoms with Gasteiger partial charge in [0, 0.05) is 28.6 Å². The zero-order valence-corrected chi connectivity index (χ0v) is 15.3. The van der Waals surface area contributed by atoms with Crippen LogP contribution in [0.3, 0.4) is 0 Å². The van der Waals surface area contributed by atoms with Crippen LogP contribution in [-0.2, 0) is 9.84 Å². The number of benzene rings is 1. The molecule has 0 bridgehead atoms. The molecule has 5 nitrogen and oxygen atoms in total. The Balaban J connectivity index is 1.97. The molecule has 2 aromatic rings. The highest BCUT2D eigenvalue weighted by Crippen LogP contribution is 2.30. The van der Waals surface area contributed by atoms with E-state index in [4.69, 9.17) is 16.0 Å². The maximum atomic E-state index is 13.0. The van der Waals surface area contributed by atoms with Crippen molar-refractivity contribution in [1.29, 1.82) is 0 Å². The number of hydrogen-bond acceptors (Lipinski definition) is 4. The zero-order chi connectivity index (χ0) is 17.5. The predicted octanol–water partition coefficient (Wildman–Crippen LogP) is 3.43. The Morgan fingerprint density at radius 3 is 2.79 bits per heavy atom. The number of furan rings is 1. The first-order valence-electron chi connectivity index (χ1n) is 8.02. The Hall–Kier alpha value is -1.53. The van der Waals surface area contributed by atoms with Gasteiger partial charge in [0.1, 0.15) is 5.58 Å². The van der Waals surface area contributed by atoms with E-state index in [-0.39, 0.29) is 29.2 Å².